The number of hydrogen-bond acceptors (Lipinski definition) is 2. The van der Waals surface area contributed by atoms with E-state index in [0.29, 0.717) is 11.8 Å². The van der Waals surface area contributed by atoms with Gasteiger partial charge in [-0.05, 0) is 24.7 Å². The van der Waals surface area contributed by atoms with E-state index in [1.165, 1.54) is 26.9 Å². The van der Waals surface area contributed by atoms with E-state index >= 15 is 0 Å². The van der Waals surface area contributed by atoms with E-state index < -0.39 is 4.65 Å². The number of quaternary nitrogens is 1. The van der Waals surface area contributed by atoms with E-state index in [1.54, 1.807) is 0 Å². The molecule has 1 rings (SSSR count). The van der Waals surface area contributed by atoms with Gasteiger partial charge in [0.2, 0.25) is 0 Å². The molecule has 0 bridgehead atoms. The van der Waals surface area contributed by atoms with Crippen LogP contribution in [0.5, 0.6) is 0 Å². The van der Waals surface area contributed by atoms with E-state index in [4.69, 9.17) is 0 Å². The minimum absolute atomic E-state index is 0.00986. The fourth-order valence-corrected chi connectivity index (χ4v) is 1.86. The first-order chi connectivity index (χ1) is 6.79. The summed E-state index contributed by atoms with van der Waals surface area (Å²) in [5.41, 5.74) is 0. The molecule has 1 saturated carbocycles. The Balaban J connectivity index is 2.41. The molecule has 0 aromatic heterocycles. The van der Waals surface area contributed by atoms with E-state index in [0.717, 1.165) is 0 Å². The smallest absolute Gasteiger partial charge is 0.275 e. The molecule has 88 valence electrons. The van der Waals surface area contributed by atoms with Gasteiger partial charge < -0.3 is 15.2 Å². The number of carbonyl (C=O) groups excluding carboxylic acids is 1. The SMILES string of the molecule is CC(C)C(NC(=O)C[N+](C)(C)[O-])C1CC1. The topological polar surface area (TPSA) is 52.2 Å². The first-order valence-electron chi connectivity index (χ1n) is 5.63. The van der Waals surface area contributed by atoms with Crippen LogP contribution in [0.2, 0.25) is 0 Å². The molecule has 15 heavy (non-hydrogen) atoms. The molecule has 1 atom stereocenters. The van der Waals surface area contributed by atoms with Gasteiger partial charge in [-0.25, -0.2) is 0 Å². The van der Waals surface area contributed by atoms with Crippen LogP contribution in [-0.2, 0) is 4.79 Å². The van der Waals surface area contributed by atoms with Gasteiger partial charge in [0, 0.05) is 6.04 Å². The predicted molar refractivity (Wildman–Crippen MR) is 59.8 cm³/mol. The number of hydroxylamine groups is 3. The maximum absolute atomic E-state index is 11.6. The van der Waals surface area contributed by atoms with Crippen molar-refractivity contribution in [2.45, 2.75) is 32.7 Å². The highest BCUT2D eigenvalue weighted by Gasteiger charge is 2.34. The number of likely N-dealkylation sites (N-methyl/N-ethyl adjacent to an activating group) is 1. The normalized spacial score (nSPS) is 19.1. The standard InChI is InChI=1S/C11H22N2O2/c1-8(2)11(9-5-6-9)12-10(14)7-13(3,4)15/h8-9,11H,5-7H2,1-4H3,(H,12,14). The lowest BCUT2D eigenvalue weighted by Crippen LogP contribution is -2.48. The number of hydrogen-bond donors (Lipinski definition) is 1. The Hall–Kier alpha value is -0.610. The van der Waals surface area contributed by atoms with Crippen molar-refractivity contribution in [2.75, 3.05) is 20.6 Å². The van der Waals surface area contributed by atoms with Gasteiger partial charge in [0.15, 0.2) is 6.54 Å². The quantitative estimate of drug-likeness (QED) is 0.550. The van der Waals surface area contributed by atoms with Crippen LogP contribution in [0.25, 0.3) is 0 Å². The monoisotopic (exact) mass is 214 g/mol. The van der Waals surface area contributed by atoms with Gasteiger partial charge in [-0.1, -0.05) is 13.8 Å². The Labute approximate surface area is 91.8 Å². The van der Waals surface area contributed by atoms with Gasteiger partial charge in [-0.2, -0.15) is 0 Å². The number of carbonyl (C=O) groups is 1. The Morgan fingerprint density at radius 3 is 2.33 bits per heavy atom. The van der Waals surface area contributed by atoms with E-state index in [1.807, 2.05) is 0 Å². The number of amides is 1. The molecule has 0 radical (unpaired) electrons. The van der Waals surface area contributed by atoms with Gasteiger partial charge in [0.05, 0.1) is 14.1 Å². The minimum Gasteiger partial charge on any atom is -0.633 e. The summed E-state index contributed by atoms with van der Waals surface area (Å²) in [5, 5.41) is 14.3. The maximum Gasteiger partial charge on any atom is 0.275 e. The number of nitrogens with zero attached hydrogens (tertiary/aromatic N) is 1. The highest BCUT2D eigenvalue weighted by molar-refractivity contribution is 5.77. The maximum atomic E-state index is 11.6. The molecule has 0 heterocycles. The summed E-state index contributed by atoms with van der Waals surface area (Å²) in [6.07, 6.45) is 2.41. The molecule has 0 aromatic rings. The summed E-state index contributed by atoms with van der Waals surface area (Å²) in [4.78, 5) is 11.6. The predicted octanol–water partition coefficient (Wildman–Crippen LogP) is 1.11. The molecule has 1 amide bonds. The van der Waals surface area contributed by atoms with Gasteiger partial charge in [0.25, 0.3) is 5.91 Å². The van der Waals surface area contributed by atoms with Crippen molar-refractivity contribution < 1.29 is 9.44 Å². The van der Waals surface area contributed by atoms with Gasteiger partial charge in [0.1, 0.15) is 0 Å². The second-order valence-corrected chi connectivity index (χ2v) is 5.41. The Morgan fingerprint density at radius 2 is 2.00 bits per heavy atom. The van der Waals surface area contributed by atoms with Crippen molar-refractivity contribution in [3.8, 4) is 0 Å². The van der Waals surface area contributed by atoms with Gasteiger partial charge in [-0.3, -0.25) is 4.79 Å². The molecule has 0 aromatic carbocycles. The Bertz CT molecular complexity index is 227. The zero-order valence-electron chi connectivity index (χ0n) is 10.1. The molecule has 0 saturated heterocycles. The van der Waals surface area contributed by atoms with Crippen LogP contribution in [0.1, 0.15) is 26.7 Å². The zero-order valence-corrected chi connectivity index (χ0v) is 10.1. The molecular formula is C11H22N2O2. The third-order valence-electron chi connectivity index (χ3n) is 2.70. The summed E-state index contributed by atoms with van der Waals surface area (Å²) in [5.74, 6) is 0.959. The fourth-order valence-electron chi connectivity index (χ4n) is 1.86. The average molecular weight is 214 g/mol. The largest absolute Gasteiger partial charge is 0.633 e. The van der Waals surface area contributed by atoms with Crippen LogP contribution in [0.4, 0.5) is 0 Å². The summed E-state index contributed by atoms with van der Waals surface area (Å²) in [6.45, 7) is 4.23. The molecule has 1 aliphatic carbocycles. The molecule has 1 unspecified atom stereocenters. The van der Waals surface area contributed by atoms with Crippen LogP contribution < -0.4 is 5.32 Å². The minimum atomic E-state index is -0.554. The van der Waals surface area contributed by atoms with Crippen LogP contribution >= 0.6 is 0 Å². The highest BCUT2D eigenvalue weighted by Crippen LogP contribution is 2.35. The molecule has 1 aliphatic rings. The zero-order chi connectivity index (χ0) is 11.6. The van der Waals surface area contributed by atoms with Crippen molar-refractivity contribution in [1.29, 1.82) is 0 Å². The lowest BCUT2D eigenvalue weighted by Gasteiger charge is -2.33. The van der Waals surface area contributed by atoms with E-state index in [9.17, 15) is 10.0 Å². The lowest BCUT2D eigenvalue weighted by molar-refractivity contribution is -0.831. The summed E-state index contributed by atoms with van der Waals surface area (Å²) in [6, 6.07) is 0.254. The summed E-state index contributed by atoms with van der Waals surface area (Å²) < 4.78 is -0.554. The second kappa shape index (κ2) is 4.49. The van der Waals surface area contributed by atoms with Crippen molar-refractivity contribution in [2.24, 2.45) is 11.8 Å². The average Bonchev–Trinajstić information content (AvgIpc) is 2.78. The summed E-state index contributed by atoms with van der Waals surface area (Å²) in [7, 11) is 2.97. The van der Waals surface area contributed by atoms with E-state index in [2.05, 4.69) is 19.2 Å². The number of nitrogens with one attached hydrogen (secondary N) is 1. The van der Waals surface area contributed by atoms with Crippen LogP contribution in [-0.4, -0.2) is 37.2 Å². The molecular weight excluding hydrogens is 192 g/mol. The van der Waals surface area contributed by atoms with Crippen LogP contribution in [0.3, 0.4) is 0 Å². The number of rotatable bonds is 5. The van der Waals surface area contributed by atoms with Crippen molar-refractivity contribution in [3.05, 3.63) is 5.21 Å². The molecule has 1 fully saturated rings. The van der Waals surface area contributed by atoms with Crippen LogP contribution in [0.15, 0.2) is 0 Å². The highest BCUT2D eigenvalue weighted by atomic mass is 16.5. The van der Waals surface area contributed by atoms with Gasteiger partial charge in [-0.15, -0.1) is 0 Å². The molecule has 0 aliphatic heterocycles. The van der Waals surface area contributed by atoms with Crippen LogP contribution in [0, 0.1) is 17.0 Å². The third-order valence-corrected chi connectivity index (χ3v) is 2.70. The Morgan fingerprint density at radius 1 is 1.47 bits per heavy atom. The van der Waals surface area contributed by atoms with Crippen molar-refractivity contribution in [1.82, 2.24) is 5.32 Å². The van der Waals surface area contributed by atoms with Gasteiger partial charge >= 0.3 is 0 Å². The van der Waals surface area contributed by atoms with Crippen molar-refractivity contribution in [3.63, 3.8) is 0 Å². The third kappa shape index (κ3) is 4.62. The molecule has 4 nitrogen and oxygen atoms in total. The lowest BCUT2D eigenvalue weighted by atomic mass is 9.99. The first-order valence-corrected chi connectivity index (χ1v) is 5.63. The molecule has 4 heteroatoms. The summed E-state index contributed by atoms with van der Waals surface area (Å²) >= 11 is 0. The Kier molecular flexibility index (Phi) is 3.73. The second-order valence-electron chi connectivity index (χ2n) is 5.41. The van der Waals surface area contributed by atoms with E-state index in [-0.39, 0.29) is 18.5 Å². The first kappa shape index (κ1) is 12.5. The molecule has 1 N–H and O–H groups in total. The van der Waals surface area contributed by atoms with Crippen molar-refractivity contribution >= 4 is 5.91 Å². The molecule has 0 spiro atoms. The fraction of sp³-hybridized carbons (Fsp3) is 0.909.